The largest absolute Gasteiger partial charge is 0.380 e. The van der Waals surface area contributed by atoms with E-state index in [1.807, 2.05) is 20.8 Å². The van der Waals surface area contributed by atoms with Crippen LogP contribution in [0.2, 0.25) is 0 Å². The number of ketones is 1. The van der Waals surface area contributed by atoms with E-state index in [0.29, 0.717) is 6.42 Å². The Morgan fingerprint density at radius 3 is 2.55 bits per heavy atom. The first-order valence-electron chi connectivity index (χ1n) is 4.02. The van der Waals surface area contributed by atoms with Crippen molar-refractivity contribution in [3.05, 3.63) is 12.3 Å². The SMILES string of the molecule is C=C(C)NC(C)C(=O)CCC. The van der Waals surface area contributed by atoms with E-state index in [4.69, 9.17) is 0 Å². The van der Waals surface area contributed by atoms with E-state index < -0.39 is 0 Å². The lowest BCUT2D eigenvalue weighted by Crippen LogP contribution is -2.31. The van der Waals surface area contributed by atoms with Gasteiger partial charge in [-0.15, -0.1) is 0 Å². The lowest BCUT2D eigenvalue weighted by atomic mass is 10.1. The zero-order valence-electron chi connectivity index (χ0n) is 7.61. The molecule has 0 aromatic carbocycles. The summed E-state index contributed by atoms with van der Waals surface area (Å²) in [4.78, 5) is 11.2. The Morgan fingerprint density at radius 2 is 2.18 bits per heavy atom. The zero-order chi connectivity index (χ0) is 8.85. The van der Waals surface area contributed by atoms with E-state index in [-0.39, 0.29) is 11.8 Å². The number of Topliss-reactive ketones (excluding diaryl/α,β-unsaturated/α-hetero) is 1. The molecular weight excluding hydrogens is 138 g/mol. The van der Waals surface area contributed by atoms with Crippen LogP contribution in [0.15, 0.2) is 12.3 Å². The van der Waals surface area contributed by atoms with Gasteiger partial charge in [-0.25, -0.2) is 0 Å². The first-order chi connectivity index (χ1) is 5.07. The fraction of sp³-hybridized carbons (Fsp3) is 0.667. The molecule has 0 heterocycles. The Labute approximate surface area is 68.7 Å². The fourth-order valence-electron chi connectivity index (χ4n) is 0.913. The first-order valence-corrected chi connectivity index (χ1v) is 4.02. The molecule has 0 saturated heterocycles. The van der Waals surface area contributed by atoms with Gasteiger partial charge in [0, 0.05) is 12.1 Å². The summed E-state index contributed by atoms with van der Waals surface area (Å²) in [6.07, 6.45) is 1.57. The van der Waals surface area contributed by atoms with Crippen molar-refractivity contribution in [1.82, 2.24) is 5.32 Å². The van der Waals surface area contributed by atoms with E-state index in [2.05, 4.69) is 11.9 Å². The minimum absolute atomic E-state index is 0.0764. The summed E-state index contributed by atoms with van der Waals surface area (Å²) in [6.45, 7) is 9.40. The molecule has 0 aliphatic carbocycles. The van der Waals surface area contributed by atoms with Crippen LogP contribution in [-0.4, -0.2) is 11.8 Å². The van der Waals surface area contributed by atoms with Gasteiger partial charge in [-0.05, 0) is 20.3 Å². The minimum atomic E-state index is -0.0764. The Morgan fingerprint density at radius 1 is 1.64 bits per heavy atom. The maximum Gasteiger partial charge on any atom is 0.154 e. The van der Waals surface area contributed by atoms with Gasteiger partial charge in [-0.2, -0.15) is 0 Å². The van der Waals surface area contributed by atoms with E-state index in [1.54, 1.807) is 0 Å². The predicted octanol–water partition coefficient (Wildman–Crippen LogP) is 1.87. The van der Waals surface area contributed by atoms with Crippen LogP contribution in [0, 0.1) is 0 Å². The van der Waals surface area contributed by atoms with Crippen LogP contribution in [-0.2, 0) is 4.79 Å². The van der Waals surface area contributed by atoms with Gasteiger partial charge in [0.15, 0.2) is 5.78 Å². The average molecular weight is 155 g/mol. The third kappa shape index (κ3) is 4.59. The van der Waals surface area contributed by atoms with Crippen molar-refractivity contribution in [2.45, 2.75) is 39.7 Å². The molecule has 2 nitrogen and oxygen atoms in total. The second-order valence-electron chi connectivity index (χ2n) is 2.86. The highest BCUT2D eigenvalue weighted by molar-refractivity contribution is 5.83. The molecule has 64 valence electrons. The highest BCUT2D eigenvalue weighted by Gasteiger charge is 2.09. The maximum absolute atomic E-state index is 11.2. The molecule has 0 amide bonds. The Bertz CT molecular complexity index is 152. The standard InChI is InChI=1S/C9H17NO/c1-5-6-9(11)8(4)10-7(2)3/h8,10H,2,5-6H2,1,3-4H3. The molecule has 0 saturated carbocycles. The van der Waals surface area contributed by atoms with Gasteiger partial charge in [0.1, 0.15) is 0 Å². The quantitative estimate of drug-likeness (QED) is 0.656. The molecule has 0 radical (unpaired) electrons. The van der Waals surface area contributed by atoms with Gasteiger partial charge in [-0.1, -0.05) is 13.5 Å². The van der Waals surface area contributed by atoms with Crippen molar-refractivity contribution in [1.29, 1.82) is 0 Å². The van der Waals surface area contributed by atoms with Crippen LogP contribution in [0.25, 0.3) is 0 Å². The van der Waals surface area contributed by atoms with Crippen molar-refractivity contribution in [2.24, 2.45) is 0 Å². The molecule has 0 rings (SSSR count). The van der Waals surface area contributed by atoms with E-state index in [1.165, 1.54) is 0 Å². The molecule has 0 aliphatic rings. The third-order valence-corrected chi connectivity index (χ3v) is 1.44. The van der Waals surface area contributed by atoms with Crippen molar-refractivity contribution >= 4 is 5.78 Å². The smallest absolute Gasteiger partial charge is 0.154 e. The number of allylic oxidation sites excluding steroid dienone is 1. The van der Waals surface area contributed by atoms with Crippen LogP contribution in [0.4, 0.5) is 0 Å². The monoisotopic (exact) mass is 155 g/mol. The summed E-state index contributed by atoms with van der Waals surface area (Å²) in [5.74, 6) is 0.260. The molecule has 0 aromatic heterocycles. The van der Waals surface area contributed by atoms with E-state index >= 15 is 0 Å². The second kappa shape index (κ2) is 4.94. The van der Waals surface area contributed by atoms with Gasteiger partial charge in [0.2, 0.25) is 0 Å². The van der Waals surface area contributed by atoms with Crippen LogP contribution >= 0.6 is 0 Å². The molecule has 1 unspecified atom stereocenters. The number of hydrogen-bond donors (Lipinski definition) is 1. The molecule has 0 aliphatic heterocycles. The van der Waals surface area contributed by atoms with Crippen molar-refractivity contribution in [2.75, 3.05) is 0 Å². The molecule has 2 heteroatoms. The summed E-state index contributed by atoms with van der Waals surface area (Å²) in [5, 5.41) is 2.98. The molecular formula is C9H17NO. The molecule has 0 spiro atoms. The van der Waals surface area contributed by atoms with Gasteiger partial charge in [0.05, 0.1) is 6.04 Å². The first kappa shape index (κ1) is 10.2. The van der Waals surface area contributed by atoms with Crippen LogP contribution in [0.5, 0.6) is 0 Å². The Hall–Kier alpha value is -0.790. The second-order valence-corrected chi connectivity index (χ2v) is 2.86. The third-order valence-electron chi connectivity index (χ3n) is 1.44. The molecule has 0 fully saturated rings. The van der Waals surface area contributed by atoms with E-state index in [9.17, 15) is 4.79 Å². The normalized spacial score (nSPS) is 12.3. The van der Waals surface area contributed by atoms with Crippen molar-refractivity contribution in [3.8, 4) is 0 Å². The van der Waals surface area contributed by atoms with Crippen molar-refractivity contribution < 1.29 is 4.79 Å². The van der Waals surface area contributed by atoms with Crippen LogP contribution in [0.3, 0.4) is 0 Å². The number of rotatable bonds is 5. The molecule has 0 aromatic rings. The number of carbonyl (C=O) groups is 1. The van der Waals surface area contributed by atoms with Gasteiger partial charge in [0.25, 0.3) is 0 Å². The molecule has 0 bridgehead atoms. The van der Waals surface area contributed by atoms with Crippen LogP contribution < -0.4 is 5.32 Å². The highest BCUT2D eigenvalue weighted by atomic mass is 16.1. The minimum Gasteiger partial charge on any atom is -0.380 e. The summed E-state index contributed by atoms with van der Waals surface area (Å²) >= 11 is 0. The highest BCUT2D eigenvalue weighted by Crippen LogP contribution is 1.96. The summed E-state index contributed by atoms with van der Waals surface area (Å²) in [7, 11) is 0. The lowest BCUT2D eigenvalue weighted by Gasteiger charge is -2.12. The number of nitrogens with one attached hydrogen (secondary N) is 1. The van der Waals surface area contributed by atoms with Crippen molar-refractivity contribution in [3.63, 3.8) is 0 Å². The van der Waals surface area contributed by atoms with E-state index in [0.717, 1.165) is 12.1 Å². The average Bonchev–Trinajstić information content (AvgIpc) is 1.86. The van der Waals surface area contributed by atoms with Gasteiger partial charge >= 0.3 is 0 Å². The molecule has 11 heavy (non-hydrogen) atoms. The zero-order valence-corrected chi connectivity index (χ0v) is 7.61. The molecule has 1 atom stereocenters. The number of carbonyl (C=O) groups excluding carboxylic acids is 1. The van der Waals surface area contributed by atoms with Gasteiger partial charge < -0.3 is 5.32 Å². The maximum atomic E-state index is 11.2. The topological polar surface area (TPSA) is 29.1 Å². The summed E-state index contributed by atoms with van der Waals surface area (Å²) < 4.78 is 0. The summed E-state index contributed by atoms with van der Waals surface area (Å²) in [6, 6.07) is -0.0764. The summed E-state index contributed by atoms with van der Waals surface area (Å²) in [5.41, 5.74) is 0.849. The number of hydrogen-bond acceptors (Lipinski definition) is 2. The predicted molar refractivity (Wildman–Crippen MR) is 47.3 cm³/mol. The Balaban J connectivity index is 3.73. The van der Waals surface area contributed by atoms with Crippen LogP contribution in [0.1, 0.15) is 33.6 Å². The fourth-order valence-corrected chi connectivity index (χ4v) is 0.913. The Kier molecular flexibility index (Phi) is 4.59. The lowest BCUT2D eigenvalue weighted by molar-refractivity contribution is -0.120. The molecule has 1 N–H and O–H groups in total. The van der Waals surface area contributed by atoms with Gasteiger partial charge in [-0.3, -0.25) is 4.79 Å².